The Morgan fingerprint density at radius 3 is 2.09 bits per heavy atom. The van der Waals surface area contributed by atoms with Gasteiger partial charge in [-0.3, -0.25) is 0 Å². The normalized spacial score (nSPS) is 11.6. The number of imidazole rings is 1. The Kier molecular flexibility index (Phi) is 3.88. The van der Waals surface area contributed by atoms with E-state index >= 15 is 0 Å². The van der Waals surface area contributed by atoms with Crippen molar-refractivity contribution in [1.82, 2.24) is 9.38 Å². The quantitative estimate of drug-likeness (QED) is 0.258. The first-order valence-corrected chi connectivity index (χ1v) is 11.2. The van der Waals surface area contributed by atoms with Crippen LogP contribution in [0, 0.1) is 0 Å². The average molecular weight is 421 g/mol. The molecule has 7 aromatic rings. The molecular formula is C31H20N2. The minimum absolute atomic E-state index is 0.962. The van der Waals surface area contributed by atoms with E-state index in [4.69, 9.17) is 4.98 Å². The third-order valence-corrected chi connectivity index (χ3v) is 6.60. The maximum Gasteiger partial charge on any atom is 0.137 e. The van der Waals surface area contributed by atoms with Crippen LogP contribution in [-0.4, -0.2) is 9.38 Å². The molecule has 154 valence electrons. The van der Waals surface area contributed by atoms with Gasteiger partial charge in [0.05, 0.1) is 5.69 Å². The molecule has 7 rings (SSSR count). The number of benzene rings is 5. The summed E-state index contributed by atoms with van der Waals surface area (Å²) in [4.78, 5) is 4.77. The highest BCUT2D eigenvalue weighted by atomic mass is 15.0. The van der Waals surface area contributed by atoms with E-state index in [0.29, 0.717) is 0 Å². The Bertz CT molecular complexity index is 1770. The zero-order chi connectivity index (χ0) is 21.8. The molecule has 2 nitrogen and oxygen atoms in total. The maximum atomic E-state index is 4.77. The molecular weight excluding hydrogens is 400 g/mol. The van der Waals surface area contributed by atoms with E-state index in [1.54, 1.807) is 0 Å². The van der Waals surface area contributed by atoms with Crippen molar-refractivity contribution in [3.63, 3.8) is 0 Å². The summed E-state index contributed by atoms with van der Waals surface area (Å²) in [6, 6.07) is 39.1. The van der Waals surface area contributed by atoms with Crippen molar-refractivity contribution >= 4 is 38.0 Å². The van der Waals surface area contributed by atoms with Crippen LogP contribution in [0.4, 0.5) is 0 Å². The Balaban J connectivity index is 1.42. The topological polar surface area (TPSA) is 17.3 Å². The highest BCUT2D eigenvalue weighted by molar-refractivity contribution is 6.23. The number of rotatable bonds is 2. The van der Waals surface area contributed by atoms with Crippen LogP contribution in [0.25, 0.3) is 60.3 Å². The molecule has 33 heavy (non-hydrogen) atoms. The average Bonchev–Trinajstić information content (AvgIpc) is 3.32. The molecule has 2 heterocycles. The predicted molar refractivity (Wildman–Crippen MR) is 139 cm³/mol. The second kappa shape index (κ2) is 7.04. The van der Waals surface area contributed by atoms with Gasteiger partial charge in [-0.2, -0.15) is 0 Å². The first kappa shape index (κ1) is 18.2. The molecule has 0 saturated heterocycles. The number of nitrogens with zero attached hydrogens (tertiary/aromatic N) is 2. The SMILES string of the molecule is c1ccc2c(c1)ccc1cc(-c3ccc(-c4cn5ccccc5n4)cc3)c3ccccc3c12. The van der Waals surface area contributed by atoms with Gasteiger partial charge in [-0.15, -0.1) is 0 Å². The van der Waals surface area contributed by atoms with E-state index in [9.17, 15) is 0 Å². The van der Waals surface area contributed by atoms with E-state index in [-0.39, 0.29) is 0 Å². The van der Waals surface area contributed by atoms with Gasteiger partial charge in [-0.1, -0.05) is 91.0 Å². The fourth-order valence-corrected chi connectivity index (χ4v) is 5.01. The highest BCUT2D eigenvalue weighted by Gasteiger charge is 2.11. The Morgan fingerprint density at radius 2 is 1.24 bits per heavy atom. The third kappa shape index (κ3) is 2.85. The van der Waals surface area contributed by atoms with Gasteiger partial charge < -0.3 is 4.40 Å². The van der Waals surface area contributed by atoms with Crippen LogP contribution >= 0.6 is 0 Å². The van der Waals surface area contributed by atoms with Crippen molar-refractivity contribution in [2.24, 2.45) is 0 Å². The second-order valence-electron chi connectivity index (χ2n) is 8.52. The number of hydrogen-bond donors (Lipinski definition) is 0. The Labute approximate surface area is 191 Å². The van der Waals surface area contributed by atoms with E-state index in [1.165, 1.54) is 43.4 Å². The highest BCUT2D eigenvalue weighted by Crippen LogP contribution is 2.38. The molecule has 0 amide bonds. The molecule has 0 unspecified atom stereocenters. The molecule has 5 aromatic carbocycles. The van der Waals surface area contributed by atoms with E-state index < -0.39 is 0 Å². The second-order valence-corrected chi connectivity index (χ2v) is 8.52. The Morgan fingerprint density at radius 1 is 0.545 bits per heavy atom. The number of aromatic nitrogens is 2. The molecule has 0 atom stereocenters. The van der Waals surface area contributed by atoms with Gasteiger partial charge in [0.25, 0.3) is 0 Å². The smallest absolute Gasteiger partial charge is 0.137 e. The van der Waals surface area contributed by atoms with Gasteiger partial charge in [0, 0.05) is 18.0 Å². The summed E-state index contributed by atoms with van der Waals surface area (Å²) in [5.41, 5.74) is 5.55. The molecule has 0 aliphatic carbocycles. The monoisotopic (exact) mass is 420 g/mol. The van der Waals surface area contributed by atoms with Crippen molar-refractivity contribution in [3.8, 4) is 22.4 Å². The summed E-state index contributed by atoms with van der Waals surface area (Å²) < 4.78 is 2.06. The van der Waals surface area contributed by atoms with Crippen molar-refractivity contribution in [1.29, 1.82) is 0 Å². The third-order valence-electron chi connectivity index (χ3n) is 6.60. The fourth-order valence-electron chi connectivity index (χ4n) is 5.01. The number of fused-ring (bicyclic) bond motifs is 6. The van der Waals surface area contributed by atoms with Crippen molar-refractivity contribution in [3.05, 3.63) is 122 Å². The number of pyridine rings is 1. The van der Waals surface area contributed by atoms with E-state index in [1.807, 2.05) is 24.4 Å². The summed E-state index contributed by atoms with van der Waals surface area (Å²) in [7, 11) is 0. The first-order chi connectivity index (χ1) is 16.3. The van der Waals surface area contributed by atoms with Gasteiger partial charge in [0.15, 0.2) is 0 Å². The van der Waals surface area contributed by atoms with Crippen molar-refractivity contribution in [2.45, 2.75) is 0 Å². The molecule has 0 radical (unpaired) electrons. The van der Waals surface area contributed by atoms with Gasteiger partial charge in [0.2, 0.25) is 0 Å². The van der Waals surface area contributed by atoms with E-state index in [2.05, 4.69) is 102 Å². The van der Waals surface area contributed by atoms with Crippen LogP contribution in [0.3, 0.4) is 0 Å². The first-order valence-electron chi connectivity index (χ1n) is 11.2. The van der Waals surface area contributed by atoms with Crippen molar-refractivity contribution in [2.75, 3.05) is 0 Å². The Hall–Kier alpha value is -4.43. The summed E-state index contributed by atoms with van der Waals surface area (Å²) in [6.45, 7) is 0. The lowest BCUT2D eigenvalue weighted by Gasteiger charge is -2.13. The minimum Gasteiger partial charge on any atom is -0.306 e. The zero-order valence-corrected chi connectivity index (χ0v) is 17.9. The minimum atomic E-state index is 0.962. The van der Waals surface area contributed by atoms with Crippen LogP contribution in [0.5, 0.6) is 0 Å². The fraction of sp³-hybridized carbons (Fsp3) is 0. The van der Waals surface area contributed by atoms with Crippen LogP contribution in [0.2, 0.25) is 0 Å². The molecule has 0 N–H and O–H groups in total. The standard InChI is InChI=1S/C31H20N2/c1-2-8-25-21(7-1)14-17-24-19-28(26-9-3-4-10-27(26)31(24)25)22-12-15-23(16-13-22)29-20-33-18-6-5-11-30(33)32-29/h1-20H. The molecule has 0 aliphatic heterocycles. The van der Waals surface area contributed by atoms with Crippen molar-refractivity contribution < 1.29 is 0 Å². The van der Waals surface area contributed by atoms with Crippen LogP contribution in [0.15, 0.2) is 122 Å². The maximum absolute atomic E-state index is 4.77. The molecule has 0 spiro atoms. The van der Waals surface area contributed by atoms with Crippen LogP contribution < -0.4 is 0 Å². The molecule has 0 fully saturated rings. The van der Waals surface area contributed by atoms with Crippen LogP contribution in [0.1, 0.15) is 0 Å². The molecule has 2 aromatic heterocycles. The van der Waals surface area contributed by atoms with Gasteiger partial charge in [-0.25, -0.2) is 4.98 Å². The molecule has 2 heteroatoms. The zero-order valence-electron chi connectivity index (χ0n) is 17.9. The largest absolute Gasteiger partial charge is 0.306 e. The molecule has 0 bridgehead atoms. The lowest BCUT2D eigenvalue weighted by molar-refractivity contribution is 1.19. The summed E-state index contributed by atoms with van der Waals surface area (Å²) in [5.74, 6) is 0. The lowest BCUT2D eigenvalue weighted by atomic mass is 9.90. The molecule has 0 aliphatic rings. The summed E-state index contributed by atoms with van der Waals surface area (Å²) in [6.07, 6.45) is 4.12. The van der Waals surface area contributed by atoms with Gasteiger partial charge in [-0.05, 0) is 61.6 Å². The van der Waals surface area contributed by atoms with Crippen LogP contribution in [-0.2, 0) is 0 Å². The summed E-state index contributed by atoms with van der Waals surface area (Å²) >= 11 is 0. The number of hydrogen-bond acceptors (Lipinski definition) is 1. The van der Waals surface area contributed by atoms with Gasteiger partial charge >= 0.3 is 0 Å². The summed E-state index contributed by atoms with van der Waals surface area (Å²) in [5, 5.41) is 7.76. The lowest BCUT2D eigenvalue weighted by Crippen LogP contribution is -1.86. The van der Waals surface area contributed by atoms with E-state index in [0.717, 1.165) is 16.9 Å². The molecule has 0 saturated carbocycles. The van der Waals surface area contributed by atoms with Gasteiger partial charge in [0.1, 0.15) is 5.65 Å². The predicted octanol–water partition coefficient (Wildman–Crippen LogP) is 8.13.